The Morgan fingerprint density at radius 1 is 1.02 bits per heavy atom. The van der Waals surface area contributed by atoms with Crippen molar-refractivity contribution in [2.24, 2.45) is 0 Å². The van der Waals surface area contributed by atoms with E-state index in [4.69, 9.17) is 19.0 Å². The molecule has 1 aromatic rings. The second-order valence-electron chi connectivity index (χ2n) is 11.6. The van der Waals surface area contributed by atoms with Crippen LogP contribution in [-0.4, -0.2) is 88.7 Å². The molecule has 1 aromatic carbocycles. The molecule has 13 heteroatoms. The van der Waals surface area contributed by atoms with Gasteiger partial charge in [-0.3, -0.25) is 24.0 Å². The number of amides is 3. The van der Waals surface area contributed by atoms with Crippen molar-refractivity contribution >= 4 is 35.8 Å². The summed E-state index contributed by atoms with van der Waals surface area (Å²) in [5.74, 6) is -2.09. The molecule has 0 aliphatic carbocycles. The number of esters is 2. The SMILES string of the molecule is COC(=O)C[C@]1(C=C=O)C(=O)N(OC(C)(C)C)CCN1C(=O)[C@@H](CC(=O)OCc1ccccc1)NC(=O)OC(C)(C)C. The number of carbonyl (C=O) groups excluding carboxylic acids is 6. The molecule has 0 unspecified atom stereocenters. The number of nitrogens with one attached hydrogen (secondary N) is 1. The van der Waals surface area contributed by atoms with Gasteiger partial charge < -0.3 is 24.4 Å². The van der Waals surface area contributed by atoms with E-state index >= 15 is 0 Å². The number of benzene rings is 1. The number of alkyl carbamates (subject to hydrolysis) is 1. The van der Waals surface area contributed by atoms with Crippen LogP contribution in [0.5, 0.6) is 0 Å². The molecule has 1 heterocycles. The summed E-state index contributed by atoms with van der Waals surface area (Å²) in [5, 5.41) is 3.34. The Bertz CT molecular complexity index is 1200. The van der Waals surface area contributed by atoms with Gasteiger partial charge >= 0.3 is 18.0 Å². The maximum Gasteiger partial charge on any atom is 0.408 e. The summed E-state index contributed by atoms with van der Waals surface area (Å²) in [7, 11) is 1.08. The maximum absolute atomic E-state index is 14.0. The van der Waals surface area contributed by atoms with Gasteiger partial charge in [-0.1, -0.05) is 30.3 Å². The molecule has 1 saturated heterocycles. The Morgan fingerprint density at radius 2 is 1.67 bits per heavy atom. The van der Waals surface area contributed by atoms with E-state index in [9.17, 15) is 28.8 Å². The van der Waals surface area contributed by atoms with Crippen LogP contribution in [0.25, 0.3) is 0 Å². The van der Waals surface area contributed by atoms with Crippen LogP contribution >= 0.6 is 0 Å². The van der Waals surface area contributed by atoms with E-state index < -0.39 is 65.5 Å². The highest BCUT2D eigenvalue weighted by Crippen LogP contribution is 2.31. The third-order valence-electron chi connectivity index (χ3n) is 5.80. The molecule has 1 N–H and O–H groups in total. The molecule has 2 rings (SSSR count). The Morgan fingerprint density at radius 3 is 2.21 bits per heavy atom. The molecule has 1 fully saturated rings. The minimum absolute atomic E-state index is 0.0888. The number of hydrogen-bond acceptors (Lipinski definition) is 10. The van der Waals surface area contributed by atoms with Crippen molar-refractivity contribution in [3.05, 3.63) is 42.0 Å². The van der Waals surface area contributed by atoms with Crippen molar-refractivity contribution in [1.82, 2.24) is 15.3 Å². The molecule has 42 heavy (non-hydrogen) atoms. The van der Waals surface area contributed by atoms with Gasteiger partial charge in [-0.05, 0) is 47.1 Å². The molecular weight excluding hydrogens is 550 g/mol. The highest BCUT2D eigenvalue weighted by Gasteiger charge is 2.54. The van der Waals surface area contributed by atoms with E-state index in [-0.39, 0.29) is 19.7 Å². The number of hydrogen-bond donors (Lipinski definition) is 1. The van der Waals surface area contributed by atoms with Crippen molar-refractivity contribution in [2.75, 3.05) is 20.2 Å². The second-order valence-corrected chi connectivity index (χ2v) is 11.6. The number of methoxy groups -OCH3 is 1. The fraction of sp³-hybridized carbons (Fsp3) is 0.552. The second kappa shape index (κ2) is 14.1. The number of hydroxylamine groups is 2. The zero-order chi connectivity index (χ0) is 31.7. The zero-order valence-corrected chi connectivity index (χ0v) is 25.1. The molecule has 13 nitrogen and oxygen atoms in total. The smallest absolute Gasteiger partial charge is 0.408 e. The third kappa shape index (κ3) is 9.71. The molecular formula is C29H39N3O10. The quantitative estimate of drug-likeness (QED) is 0.243. The minimum Gasteiger partial charge on any atom is -0.469 e. The predicted octanol–water partition coefficient (Wildman–Crippen LogP) is 2.10. The van der Waals surface area contributed by atoms with E-state index in [1.165, 1.54) is 5.94 Å². The molecule has 1 aliphatic heterocycles. The first-order valence-corrected chi connectivity index (χ1v) is 13.3. The number of carbonyl (C=O) groups is 5. The summed E-state index contributed by atoms with van der Waals surface area (Å²) in [5.41, 5.74) is -3.31. The van der Waals surface area contributed by atoms with Crippen LogP contribution in [0, 0.1) is 0 Å². The fourth-order valence-electron chi connectivity index (χ4n) is 4.10. The van der Waals surface area contributed by atoms with Crippen molar-refractivity contribution in [1.29, 1.82) is 0 Å². The number of nitrogens with zero attached hydrogens (tertiary/aromatic N) is 2. The van der Waals surface area contributed by atoms with Gasteiger partial charge in [0.2, 0.25) is 5.91 Å². The lowest BCUT2D eigenvalue weighted by Crippen LogP contribution is -2.70. The lowest BCUT2D eigenvalue weighted by molar-refractivity contribution is -0.244. The van der Waals surface area contributed by atoms with Gasteiger partial charge in [-0.2, -0.15) is 0 Å². The third-order valence-corrected chi connectivity index (χ3v) is 5.80. The lowest BCUT2D eigenvalue weighted by atomic mass is 9.88. The normalized spacial score (nSPS) is 17.9. The Labute approximate surface area is 245 Å². The van der Waals surface area contributed by atoms with Gasteiger partial charge in [-0.25, -0.2) is 14.7 Å². The molecule has 3 amide bonds. The van der Waals surface area contributed by atoms with Crippen molar-refractivity contribution in [3.63, 3.8) is 0 Å². The average molecular weight is 590 g/mol. The van der Waals surface area contributed by atoms with Crippen molar-refractivity contribution in [2.45, 2.75) is 83.8 Å². The van der Waals surface area contributed by atoms with E-state index in [1.807, 2.05) is 0 Å². The largest absolute Gasteiger partial charge is 0.469 e. The summed E-state index contributed by atoms with van der Waals surface area (Å²) < 4.78 is 15.3. The van der Waals surface area contributed by atoms with Crippen LogP contribution in [0.3, 0.4) is 0 Å². The van der Waals surface area contributed by atoms with Crippen LogP contribution in [0.1, 0.15) is 59.9 Å². The maximum atomic E-state index is 14.0. The number of rotatable bonds is 10. The lowest BCUT2D eigenvalue weighted by Gasteiger charge is -2.48. The van der Waals surface area contributed by atoms with E-state index in [0.29, 0.717) is 5.56 Å². The number of piperazine rings is 1. The van der Waals surface area contributed by atoms with Gasteiger partial charge in [0.05, 0.1) is 32.1 Å². The molecule has 0 bridgehead atoms. The highest BCUT2D eigenvalue weighted by molar-refractivity contribution is 6.00. The molecule has 2 atom stereocenters. The topological polar surface area (TPSA) is 158 Å². The average Bonchev–Trinajstić information content (AvgIpc) is 2.88. The van der Waals surface area contributed by atoms with Crippen LogP contribution in [0.15, 0.2) is 36.4 Å². The van der Waals surface area contributed by atoms with Crippen LogP contribution in [0.2, 0.25) is 0 Å². The van der Waals surface area contributed by atoms with Crippen LogP contribution in [0.4, 0.5) is 4.79 Å². The van der Waals surface area contributed by atoms with Gasteiger partial charge in [0.1, 0.15) is 24.2 Å². The van der Waals surface area contributed by atoms with Gasteiger partial charge in [0.15, 0.2) is 5.54 Å². The minimum atomic E-state index is -2.22. The summed E-state index contributed by atoms with van der Waals surface area (Å²) in [4.78, 5) is 84.2. The standard InChI is InChI=1S/C29H39N3O10/c1-27(2,3)41-26(38)30-21(17-22(34)40-19-20-11-9-8-10-12-20)24(36)31-14-15-32(42-28(4,5)6)25(37)29(31,13-16-33)18-23(35)39-7/h8-13,21H,14-15,17-19H2,1-7H3,(H,30,38)/t21-,29-/m1/s1. The first kappa shape index (κ1) is 34.0. The van der Waals surface area contributed by atoms with Crippen LogP contribution < -0.4 is 5.32 Å². The van der Waals surface area contributed by atoms with Gasteiger partial charge in [0, 0.05) is 12.6 Å². The molecule has 230 valence electrons. The summed E-state index contributed by atoms with van der Waals surface area (Å²) in [6.07, 6.45) is -1.68. The van der Waals surface area contributed by atoms with Crippen molar-refractivity contribution in [3.8, 4) is 0 Å². The molecule has 0 aromatic heterocycles. The van der Waals surface area contributed by atoms with Crippen molar-refractivity contribution < 1.29 is 47.8 Å². The summed E-state index contributed by atoms with van der Waals surface area (Å²) >= 11 is 0. The Balaban J connectivity index is 2.47. The first-order chi connectivity index (χ1) is 19.5. The number of ether oxygens (including phenoxy) is 3. The summed E-state index contributed by atoms with van der Waals surface area (Å²) in [6, 6.07) is 7.22. The monoisotopic (exact) mass is 589 g/mol. The summed E-state index contributed by atoms with van der Waals surface area (Å²) in [6.45, 7) is 9.44. The molecule has 0 radical (unpaired) electrons. The van der Waals surface area contributed by atoms with Gasteiger partial charge in [-0.15, -0.1) is 0 Å². The molecule has 1 aliphatic rings. The first-order valence-electron chi connectivity index (χ1n) is 13.3. The van der Waals surface area contributed by atoms with E-state index in [1.54, 1.807) is 71.9 Å². The Hall–Kier alpha value is -4.22. The van der Waals surface area contributed by atoms with Gasteiger partial charge in [0.25, 0.3) is 5.91 Å². The zero-order valence-electron chi connectivity index (χ0n) is 25.1. The molecule has 0 spiro atoms. The highest BCUT2D eigenvalue weighted by atomic mass is 16.7. The molecule has 0 saturated carbocycles. The van der Waals surface area contributed by atoms with E-state index in [2.05, 4.69) is 5.32 Å². The fourth-order valence-corrected chi connectivity index (χ4v) is 4.10. The van der Waals surface area contributed by atoms with E-state index in [0.717, 1.165) is 23.1 Å². The van der Waals surface area contributed by atoms with Crippen LogP contribution in [-0.2, 0) is 49.6 Å². The predicted molar refractivity (Wildman–Crippen MR) is 148 cm³/mol. The Kier molecular flexibility index (Phi) is 11.4.